The summed E-state index contributed by atoms with van der Waals surface area (Å²) >= 11 is 0. The van der Waals surface area contributed by atoms with Crippen molar-refractivity contribution in [3.8, 4) is 6.07 Å². The molecule has 1 N–H and O–H groups in total. The number of nitrogens with zero attached hydrogens (tertiary/aromatic N) is 2. The summed E-state index contributed by atoms with van der Waals surface area (Å²) in [6.07, 6.45) is 2.04. The molecule has 0 unspecified atom stereocenters. The third-order valence-electron chi connectivity index (χ3n) is 3.46. The summed E-state index contributed by atoms with van der Waals surface area (Å²) in [5.74, 6) is 0.0805. The van der Waals surface area contributed by atoms with E-state index in [1.165, 1.54) is 0 Å². The van der Waals surface area contributed by atoms with E-state index >= 15 is 0 Å². The van der Waals surface area contributed by atoms with E-state index in [2.05, 4.69) is 11.4 Å². The van der Waals surface area contributed by atoms with E-state index in [4.69, 9.17) is 5.26 Å². The van der Waals surface area contributed by atoms with Crippen LogP contribution in [0.4, 0.5) is 5.69 Å². The molecule has 19 heavy (non-hydrogen) atoms. The number of anilines is 1. The number of rotatable bonds is 1. The average Bonchev–Trinajstić information content (AvgIpc) is 2.41. The van der Waals surface area contributed by atoms with Crippen molar-refractivity contribution in [1.82, 2.24) is 5.32 Å². The minimum atomic E-state index is -0.547. The highest BCUT2D eigenvalue weighted by atomic mass is 16.2. The first-order valence-electron chi connectivity index (χ1n) is 6.62. The molecule has 0 spiro atoms. The number of carbonyl (C=O) groups is 1. The van der Waals surface area contributed by atoms with Crippen molar-refractivity contribution >= 4 is 11.6 Å². The lowest BCUT2D eigenvalue weighted by Gasteiger charge is -2.35. The van der Waals surface area contributed by atoms with Crippen LogP contribution in [-0.4, -0.2) is 24.5 Å². The molecule has 1 saturated heterocycles. The van der Waals surface area contributed by atoms with Crippen LogP contribution in [0.5, 0.6) is 0 Å². The molecular weight excluding hydrogens is 238 g/mol. The Hall–Kier alpha value is -1.86. The van der Waals surface area contributed by atoms with Crippen molar-refractivity contribution in [2.24, 2.45) is 0 Å². The summed E-state index contributed by atoms with van der Waals surface area (Å²) in [5.41, 5.74) is 0.926. The number of hydrogen-bond acceptors (Lipinski definition) is 3. The Morgan fingerprint density at radius 3 is 2.58 bits per heavy atom. The zero-order valence-corrected chi connectivity index (χ0v) is 11.4. The van der Waals surface area contributed by atoms with Crippen LogP contribution in [-0.2, 0) is 4.79 Å². The minimum Gasteiger partial charge on any atom is -0.311 e. The molecule has 0 atom stereocenters. The fourth-order valence-corrected chi connectivity index (χ4v) is 2.27. The van der Waals surface area contributed by atoms with Gasteiger partial charge in [-0.15, -0.1) is 0 Å². The predicted octanol–water partition coefficient (Wildman–Crippen LogP) is 2.05. The van der Waals surface area contributed by atoms with Crippen molar-refractivity contribution in [3.63, 3.8) is 0 Å². The highest BCUT2D eigenvalue weighted by Crippen LogP contribution is 2.21. The largest absolute Gasteiger partial charge is 0.311 e. The maximum Gasteiger partial charge on any atom is 0.246 e. The number of nitrogens with one attached hydrogen (secondary N) is 1. The first kappa shape index (κ1) is 13.6. The van der Waals surface area contributed by atoms with Gasteiger partial charge in [0.15, 0.2) is 0 Å². The molecule has 0 aromatic heterocycles. The molecule has 4 nitrogen and oxygen atoms in total. The number of benzene rings is 1. The molecule has 0 bridgehead atoms. The molecule has 2 rings (SSSR count). The van der Waals surface area contributed by atoms with Gasteiger partial charge < -0.3 is 10.2 Å². The van der Waals surface area contributed by atoms with Gasteiger partial charge in [0.2, 0.25) is 5.91 Å². The molecule has 100 valence electrons. The van der Waals surface area contributed by atoms with Crippen LogP contribution in [0.1, 0.15) is 32.3 Å². The fourth-order valence-electron chi connectivity index (χ4n) is 2.27. The van der Waals surface area contributed by atoms with E-state index in [9.17, 15) is 4.79 Å². The van der Waals surface area contributed by atoms with E-state index in [0.29, 0.717) is 5.56 Å². The van der Waals surface area contributed by atoms with E-state index < -0.39 is 5.54 Å². The van der Waals surface area contributed by atoms with Crippen molar-refractivity contribution in [2.75, 3.05) is 18.0 Å². The Balaban J connectivity index is 2.28. The molecule has 0 radical (unpaired) electrons. The van der Waals surface area contributed by atoms with Crippen LogP contribution in [0.25, 0.3) is 0 Å². The summed E-state index contributed by atoms with van der Waals surface area (Å²) in [4.78, 5) is 14.4. The molecular formula is C15H19N3O. The Bertz CT molecular complexity index is 499. The predicted molar refractivity (Wildman–Crippen MR) is 74.8 cm³/mol. The van der Waals surface area contributed by atoms with Crippen molar-refractivity contribution in [1.29, 1.82) is 5.26 Å². The first-order chi connectivity index (χ1) is 9.04. The lowest BCUT2D eigenvalue weighted by molar-refractivity contribution is -0.124. The lowest BCUT2D eigenvalue weighted by Crippen LogP contribution is -2.56. The highest BCUT2D eigenvalue weighted by Gasteiger charge is 2.33. The van der Waals surface area contributed by atoms with Gasteiger partial charge >= 0.3 is 0 Å². The van der Waals surface area contributed by atoms with Crippen LogP contribution in [0.2, 0.25) is 0 Å². The quantitative estimate of drug-likeness (QED) is 0.837. The maximum atomic E-state index is 12.6. The van der Waals surface area contributed by atoms with E-state index in [1.54, 1.807) is 12.1 Å². The summed E-state index contributed by atoms with van der Waals surface area (Å²) in [6, 6.07) is 9.28. The normalized spacial score (nSPS) is 19.4. The molecule has 0 aliphatic carbocycles. The monoisotopic (exact) mass is 257 g/mol. The summed E-state index contributed by atoms with van der Waals surface area (Å²) in [5, 5.41) is 12.1. The second-order valence-corrected chi connectivity index (χ2v) is 5.37. The second kappa shape index (κ2) is 5.41. The van der Waals surface area contributed by atoms with E-state index in [-0.39, 0.29) is 5.91 Å². The average molecular weight is 257 g/mol. The van der Waals surface area contributed by atoms with E-state index in [1.807, 2.05) is 30.9 Å². The van der Waals surface area contributed by atoms with Crippen LogP contribution >= 0.6 is 0 Å². The third kappa shape index (κ3) is 2.94. The molecule has 1 aliphatic rings. The minimum absolute atomic E-state index is 0.0805. The van der Waals surface area contributed by atoms with Gasteiger partial charge in [-0.1, -0.05) is 0 Å². The Labute approximate surface area is 114 Å². The molecule has 1 aromatic carbocycles. The summed E-state index contributed by atoms with van der Waals surface area (Å²) in [6.45, 7) is 5.43. The van der Waals surface area contributed by atoms with Crippen LogP contribution in [0, 0.1) is 11.3 Å². The molecule has 1 aliphatic heterocycles. The fraction of sp³-hybridized carbons (Fsp3) is 0.467. The van der Waals surface area contributed by atoms with Crippen molar-refractivity contribution in [3.05, 3.63) is 29.8 Å². The van der Waals surface area contributed by atoms with Gasteiger partial charge in [0.1, 0.15) is 0 Å². The van der Waals surface area contributed by atoms with Gasteiger partial charge in [-0.3, -0.25) is 4.79 Å². The van der Waals surface area contributed by atoms with Gasteiger partial charge in [0.25, 0.3) is 0 Å². The van der Waals surface area contributed by atoms with Gasteiger partial charge in [-0.25, -0.2) is 0 Å². The highest BCUT2D eigenvalue weighted by molar-refractivity contribution is 5.99. The van der Waals surface area contributed by atoms with Gasteiger partial charge in [0.05, 0.1) is 17.2 Å². The third-order valence-corrected chi connectivity index (χ3v) is 3.46. The zero-order chi connectivity index (χ0) is 13.9. The number of carbonyl (C=O) groups excluding carboxylic acids is 1. The van der Waals surface area contributed by atoms with Crippen molar-refractivity contribution in [2.45, 2.75) is 32.2 Å². The number of hydrogen-bond donors (Lipinski definition) is 1. The molecule has 0 saturated carbocycles. The molecule has 4 heteroatoms. The molecule has 1 fully saturated rings. The number of amides is 1. The summed E-state index contributed by atoms with van der Waals surface area (Å²) < 4.78 is 0. The van der Waals surface area contributed by atoms with Crippen molar-refractivity contribution < 1.29 is 4.79 Å². The smallest absolute Gasteiger partial charge is 0.246 e. The standard InChI is InChI=1S/C15H19N3O/c1-15(2)14(19)18(10-4-3-9-17-15)13-7-5-12(11-16)6-8-13/h5-8,17H,3-4,9-10H2,1-2H3. The lowest BCUT2D eigenvalue weighted by atomic mass is 10.0. The zero-order valence-electron chi connectivity index (χ0n) is 11.4. The Morgan fingerprint density at radius 2 is 1.95 bits per heavy atom. The summed E-state index contributed by atoms with van der Waals surface area (Å²) in [7, 11) is 0. The molecule has 1 amide bonds. The van der Waals surface area contributed by atoms with Gasteiger partial charge in [-0.2, -0.15) is 5.26 Å². The second-order valence-electron chi connectivity index (χ2n) is 5.37. The van der Waals surface area contributed by atoms with Crippen LogP contribution < -0.4 is 10.2 Å². The molecule has 1 aromatic rings. The Kier molecular flexibility index (Phi) is 3.87. The van der Waals surface area contributed by atoms with Gasteiger partial charge in [-0.05, 0) is 57.5 Å². The van der Waals surface area contributed by atoms with Crippen LogP contribution in [0.15, 0.2) is 24.3 Å². The van der Waals surface area contributed by atoms with E-state index in [0.717, 1.165) is 31.6 Å². The number of nitriles is 1. The topological polar surface area (TPSA) is 56.1 Å². The first-order valence-corrected chi connectivity index (χ1v) is 6.62. The maximum absolute atomic E-state index is 12.6. The van der Waals surface area contributed by atoms with Gasteiger partial charge in [0, 0.05) is 12.2 Å². The molecule has 1 heterocycles. The van der Waals surface area contributed by atoms with Crippen LogP contribution in [0.3, 0.4) is 0 Å². The Morgan fingerprint density at radius 1 is 1.26 bits per heavy atom. The SMILES string of the molecule is CC1(C)NCCCCN(c2ccc(C#N)cc2)C1=O.